The molecule has 0 aliphatic heterocycles. The van der Waals surface area contributed by atoms with Gasteiger partial charge >= 0.3 is 29.6 Å². The van der Waals surface area contributed by atoms with Gasteiger partial charge in [-0.25, -0.2) is 9.37 Å². The van der Waals surface area contributed by atoms with Gasteiger partial charge in [0.15, 0.2) is 5.76 Å². The third-order valence-electron chi connectivity index (χ3n) is 1.79. The fourth-order valence-corrected chi connectivity index (χ4v) is 1.14. The van der Waals surface area contributed by atoms with Gasteiger partial charge in [0, 0.05) is 5.56 Å². The predicted molar refractivity (Wildman–Crippen MR) is 46.2 cm³/mol. The van der Waals surface area contributed by atoms with Crippen LogP contribution in [-0.2, 0) is 0 Å². The van der Waals surface area contributed by atoms with Crippen molar-refractivity contribution in [2.75, 3.05) is 0 Å². The van der Waals surface area contributed by atoms with Crippen molar-refractivity contribution in [1.82, 2.24) is 4.98 Å². The number of halogens is 1. The predicted octanol–water partition coefficient (Wildman–Crippen LogP) is -2.15. The molecule has 1 heterocycles. The van der Waals surface area contributed by atoms with E-state index in [4.69, 9.17) is 4.42 Å². The molecule has 4 nitrogen and oxygen atoms in total. The summed E-state index contributed by atoms with van der Waals surface area (Å²) in [5.41, 5.74) is 0.426. The van der Waals surface area contributed by atoms with E-state index in [1.165, 1.54) is 24.4 Å². The van der Waals surface area contributed by atoms with Crippen LogP contribution in [0.5, 0.6) is 0 Å². The van der Waals surface area contributed by atoms with E-state index in [1.807, 2.05) is 0 Å². The van der Waals surface area contributed by atoms with Gasteiger partial charge in [0.1, 0.15) is 11.8 Å². The zero-order valence-electron chi connectivity index (χ0n) is 8.44. The van der Waals surface area contributed by atoms with E-state index in [9.17, 15) is 14.3 Å². The maximum Gasteiger partial charge on any atom is 1.00 e. The fourth-order valence-electron chi connectivity index (χ4n) is 1.14. The van der Waals surface area contributed by atoms with E-state index >= 15 is 0 Å². The Morgan fingerprint density at radius 2 is 2.19 bits per heavy atom. The minimum Gasteiger partial charge on any atom is -0.540 e. The molecule has 2 aromatic rings. The molecule has 0 aliphatic carbocycles. The molecule has 1 aromatic heterocycles. The number of nitrogens with zero attached hydrogens (tertiary/aromatic N) is 1. The van der Waals surface area contributed by atoms with Gasteiger partial charge in [0.05, 0.1) is 6.20 Å². The van der Waals surface area contributed by atoms with Crippen molar-refractivity contribution in [3.63, 3.8) is 0 Å². The van der Waals surface area contributed by atoms with Crippen LogP contribution in [0.15, 0.2) is 34.9 Å². The summed E-state index contributed by atoms with van der Waals surface area (Å²) < 4.78 is 17.7. The molecule has 0 unspecified atom stereocenters. The van der Waals surface area contributed by atoms with Crippen LogP contribution in [0.3, 0.4) is 0 Å². The smallest absolute Gasteiger partial charge is 0.540 e. The number of oxazole rings is 1. The summed E-state index contributed by atoms with van der Waals surface area (Å²) in [7, 11) is 0. The molecule has 0 saturated carbocycles. The van der Waals surface area contributed by atoms with Crippen molar-refractivity contribution < 1.29 is 48.3 Å². The van der Waals surface area contributed by atoms with Crippen LogP contribution in [0.4, 0.5) is 4.39 Å². The van der Waals surface area contributed by atoms with Crippen LogP contribution in [-0.4, -0.2) is 11.0 Å². The third-order valence-corrected chi connectivity index (χ3v) is 1.79. The van der Waals surface area contributed by atoms with E-state index in [-0.39, 0.29) is 35.3 Å². The number of aromatic nitrogens is 1. The van der Waals surface area contributed by atoms with E-state index < -0.39 is 17.7 Å². The summed E-state index contributed by atoms with van der Waals surface area (Å²) in [6, 6.07) is 5.58. The number of carboxylic acid groups (broad SMARTS) is 1. The van der Waals surface area contributed by atoms with Gasteiger partial charge < -0.3 is 14.3 Å². The molecular weight excluding hydrogens is 224 g/mol. The summed E-state index contributed by atoms with van der Waals surface area (Å²) in [4.78, 5) is 13.8. The average molecular weight is 229 g/mol. The van der Waals surface area contributed by atoms with Crippen LogP contribution in [0, 0.1) is 5.82 Å². The van der Waals surface area contributed by atoms with Crippen molar-refractivity contribution in [3.8, 4) is 11.3 Å². The minimum atomic E-state index is -1.50. The van der Waals surface area contributed by atoms with Crippen molar-refractivity contribution >= 4 is 5.97 Å². The first kappa shape index (κ1) is 12.9. The molecule has 0 fully saturated rings. The Bertz CT molecular complexity index is 512. The molecule has 6 heteroatoms. The van der Waals surface area contributed by atoms with E-state index in [0.717, 1.165) is 0 Å². The Balaban J connectivity index is 0.00000128. The summed E-state index contributed by atoms with van der Waals surface area (Å²) in [5, 5.41) is 10.4. The Hall–Kier alpha value is -1.17. The maximum absolute atomic E-state index is 12.8. The molecule has 16 heavy (non-hydrogen) atoms. The number of benzene rings is 1. The first-order valence-corrected chi connectivity index (χ1v) is 4.10. The second kappa shape index (κ2) is 5.25. The number of hydrogen-bond donors (Lipinski definition) is 0. The molecule has 0 amide bonds. The molecule has 76 valence electrons. The molecule has 0 aliphatic rings. The molecule has 0 saturated heterocycles. The number of carbonyl (C=O) groups excluding carboxylic acids is 1. The van der Waals surface area contributed by atoms with Crippen LogP contribution in [0.1, 0.15) is 10.7 Å². The molecular formula is C10H5FNNaO3. The summed E-state index contributed by atoms with van der Waals surface area (Å²) in [6.45, 7) is 0. The Kier molecular flexibility index (Phi) is 4.23. The van der Waals surface area contributed by atoms with E-state index in [1.54, 1.807) is 6.07 Å². The van der Waals surface area contributed by atoms with Crippen LogP contribution in [0.2, 0.25) is 0 Å². The van der Waals surface area contributed by atoms with Crippen molar-refractivity contribution in [2.45, 2.75) is 0 Å². The maximum atomic E-state index is 12.8. The average Bonchev–Trinajstić information content (AvgIpc) is 2.66. The second-order valence-electron chi connectivity index (χ2n) is 2.83. The van der Waals surface area contributed by atoms with Gasteiger partial charge in [0.2, 0.25) is 5.89 Å². The van der Waals surface area contributed by atoms with E-state index in [0.29, 0.717) is 5.56 Å². The first-order chi connectivity index (χ1) is 7.16. The van der Waals surface area contributed by atoms with Gasteiger partial charge in [0.25, 0.3) is 0 Å². The van der Waals surface area contributed by atoms with Crippen LogP contribution in [0.25, 0.3) is 11.3 Å². The molecule has 0 atom stereocenters. The van der Waals surface area contributed by atoms with Crippen molar-refractivity contribution in [3.05, 3.63) is 42.2 Å². The first-order valence-electron chi connectivity index (χ1n) is 4.10. The Morgan fingerprint density at radius 1 is 1.44 bits per heavy atom. The summed E-state index contributed by atoms with van der Waals surface area (Å²) >= 11 is 0. The van der Waals surface area contributed by atoms with Gasteiger partial charge in [-0.05, 0) is 12.1 Å². The molecule has 0 bridgehead atoms. The summed E-state index contributed by atoms with van der Waals surface area (Å²) in [5.74, 6) is -2.26. The van der Waals surface area contributed by atoms with Crippen molar-refractivity contribution in [1.29, 1.82) is 0 Å². The number of hydrogen-bond acceptors (Lipinski definition) is 4. The standard InChI is InChI=1S/C10H6FNO3.Na/c11-7-3-1-2-6(4-7)8-5-12-9(15-8)10(13)14;/h1-5H,(H,13,14);/q;+1/p-1. The molecule has 0 radical (unpaired) electrons. The zero-order valence-corrected chi connectivity index (χ0v) is 10.4. The Labute approximate surface area is 112 Å². The monoisotopic (exact) mass is 229 g/mol. The molecule has 2 rings (SSSR count). The number of rotatable bonds is 2. The number of carbonyl (C=O) groups is 1. The Morgan fingerprint density at radius 3 is 2.75 bits per heavy atom. The SMILES string of the molecule is O=C([O-])c1ncc(-c2cccc(F)c2)o1.[Na+]. The van der Waals surface area contributed by atoms with Crippen LogP contribution < -0.4 is 34.7 Å². The van der Waals surface area contributed by atoms with E-state index in [2.05, 4.69) is 4.98 Å². The second-order valence-corrected chi connectivity index (χ2v) is 2.83. The summed E-state index contributed by atoms with van der Waals surface area (Å²) in [6.07, 6.45) is 1.21. The zero-order chi connectivity index (χ0) is 10.8. The number of carboxylic acids is 1. The van der Waals surface area contributed by atoms with Gasteiger partial charge in [-0.1, -0.05) is 12.1 Å². The largest absolute Gasteiger partial charge is 1.00 e. The fraction of sp³-hybridized carbons (Fsp3) is 0. The quantitative estimate of drug-likeness (QED) is 0.550. The van der Waals surface area contributed by atoms with Gasteiger partial charge in [-0.2, -0.15) is 0 Å². The normalized spacial score (nSPS) is 9.56. The molecule has 1 aromatic carbocycles. The van der Waals surface area contributed by atoms with Gasteiger partial charge in [-0.3, -0.25) is 0 Å². The van der Waals surface area contributed by atoms with Gasteiger partial charge in [-0.15, -0.1) is 0 Å². The molecule has 0 N–H and O–H groups in total. The minimum absolute atomic E-state index is 0. The topological polar surface area (TPSA) is 66.2 Å². The van der Waals surface area contributed by atoms with Crippen molar-refractivity contribution in [2.24, 2.45) is 0 Å². The third kappa shape index (κ3) is 2.69. The van der Waals surface area contributed by atoms with Crippen LogP contribution >= 0.6 is 0 Å². The molecule has 0 spiro atoms. The number of aromatic carboxylic acids is 1.